The molecular weight excluding hydrogens is 363 g/mol. The van der Waals surface area contributed by atoms with Gasteiger partial charge in [0.1, 0.15) is 5.69 Å². The molecule has 0 atom stereocenters. The van der Waals surface area contributed by atoms with E-state index in [9.17, 15) is 13.2 Å². The summed E-state index contributed by atoms with van der Waals surface area (Å²) in [6.45, 7) is 3.81. The second-order valence-electron chi connectivity index (χ2n) is 7.95. The van der Waals surface area contributed by atoms with Gasteiger partial charge in [-0.3, -0.25) is 14.8 Å². The summed E-state index contributed by atoms with van der Waals surface area (Å²) in [5, 5.41) is 0. The molecule has 1 aromatic carbocycles. The summed E-state index contributed by atoms with van der Waals surface area (Å²) in [5.41, 5.74) is 1.39. The number of rotatable bonds is 6. The quantitative estimate of drug-likeness (QED) is 0.712. The Bertz CT molecular complexity index is 749. The highest BCUT2D eigenvalue weighted by molar-refractivity contribution is 5.17. The molecule has 0 amide bonds. The van der Waals surface area contributed by atoms with Crippen LogP contribution in [-0.4, -0.2) is 40.0 Å². The van der Waals surface area contributed by atoms with E-state index in [1.807, 2.05) is 6.07 Å². The molecular formula is C22H26F3N3. The maximum absolute atomic E-state index is 12.7. The van der Waals surface area contributed by atoms with Crippen LogP contribution in [0.25, 0.3) is 0 Å². The van der Waals surface area contributed by atoms with Crippen molar-refractivity contribution in [1.82, 2.24) is 14.8 Å². The highest BCUT2D eigenvalue weighted by Gasteiger charge is 2.36. The van der Waals surface area contributed by atoms with Crippen molar-refractivity contribution in [3.8, 4) is 0 Å². The van der Waals surface area contributed by atoms with Gasteiger partial charge in [0.15, 0.2) is 0 Å². The zero-order valence-corrected chi connectivity index (χ0v) is 15.9. The van der Waals surface area contributed by atoms with Gasteiger partial charge in [0.2, 0.25) is 0 Å². The lowest BCUT2D eigenvalue weighted by atomic mass is 10.0. The zero-order chi connectivity index (χ0) is 19.6. The third kappa shape index (κ3) is 4.92. The van der Waals surface area contributed by atoms with E-state index in [4.69, 9.17) is 0 Å². The lowest BCUT2D eigenvalue weighted by Crippen LogP contribution is -2.45. The number of alkyl halides is 3. The molecule has 2 heterocycles. The summed E-state index contributed by atoms with van der Waals surface area (Å²) < 4.78 is 38.2. The average molecular weight is 389 g/mol. The first kappa shape index (κ1) is 19.4. The molecule has 150 valence electrons. The van der Waals surface area contributed by atoms with Gasteiger partial charge in [0, 0.05) is 31.4 Å². The molecule has 0 spiro atoms. The number of aromatic nitrogens is 1. The van der Waals surface area contributed by atoms with Crippen molar-refractivity contribution in [2.45, 2.75) is 57.0 Å². The minimum Gasteiger partial charge on any atom is -0.299 e. The zero-order valence-electron chi connectivity index (χ0n) is 15.9. The number of pyridine rings is 1. The molecule has 4 rings (SSSR count). The Morgan fingerprint density at radius 3 is 2.14 bits per heavy atom. The fourth-order valence-electron chi connectivity index (χ4n) is 4.11. The number of likely N-dealkylation sites (tertiary alicyclic amines) is 1. The summed E-state index contributed by atoms with van der Waals surface area (Å²) in [5.74, 6) is 0. The van der Waals surface area contributed by atoms with Crippen LogP contribution in [0.5, 0.6) is 0 Å². The summed E-state index contributed by atoms with van der Waals surface area (Å²) in [6.07, 6.45) is 1.62. The first-order valence-electron chi connectivity index (χ1n) is 10.0. The van der Waals surface area contributed by atoms with E-state index in [-0.39, 0.29) is 0 Å². The van der Waals surface area contributed by atoms with Crippen molar-refractivity contribution in [2.75, 3.05) is 13.1 Å². The Kier molecular flexibility index (Phi) is 5.69. The highest BCUT2D eigenvalue weighted by Crippen LogP contribution is 2.34. The normalized spacial score (nSPS) is 19.3. The smallest absolute Gasteiger partial charge is 0.299 e. The Balaban J connectivity index is 1.34. The van der Waals surface area contributed by atoms with Gasteiger partial charge >= 0.3 is 6.18 Å². The third-order valence-corrected chi connectivity index (χ3v) is 5.77. The number of halogens is 3. The first-order chi connectivity index (χ1) is 13.5. The fraction of sp³-hybridized carbons (Fsp3) is 0.500. The van der Waals surface area contributed by atoms with Gasteiger partial charge in [0.05, 0.1) is 0 Å². The molecule has 0 bridgehead atoms. The van der Waals surface area contributed by atoms with Crippen LogP contribution in [0, 0.1) is 0 Å². The van der Waals surface area contributed by atoms with Gasteiger partial charge in [-0.2, -0.15) is 13.2 Å². The van der Waals surface area contributed by atoms with Crippen molar-refractivity contribution in [3.63, 3.8) is 0 Å². The fourth-order valence-corrected chi connectivity index (χ4v) is 4.11. The molecule has 1 aromatic heterocycles. The standard InChI is InChI=1S/C22H26F3N3/c23-22(24,25)21-9-6-18(14-26-21)16-28(19-7-8-19)20-10-12-27(13-11-20)15-17-4-2-1-3-5-17/h1-6,9,14,19-20H,7-8,10-13,15-16H2. The highest BCUT2D eigenvalue weighted by atomic mass is 19.4. The van der Waals surface area contributed by atoms with Crippen molar-refractivity contribution in [3.05, 3.63) is 65.5 Å². The number of hydrogen-bond acceptors (Lipinski definition) is 3. The van der Waals surface area contributed by atoms with Crippen LogP contribution in [0.1, 0.15) is 42.5 Å². The topological polar surface area (TPSA) is 19.4 Å². The molecule has 1 aliphatic carbocycles. The molecule has 28 heavy (non-hydrogen) atoms. The van der Waals surface area contributed by atoms with Crippen LogP contribution in [0.15, 0.2) is 48.7 Å². The Morgan fingerprint density at radius 2 is 1.57 bits per heavy atom. The molecule has 2 aliphatic rings. The number of piperidine rings is 1. The van der Waals surface area contributed by atoms with Gasteiger partial charge in [-0.05, 0) is 56.0 Å². The number of benzene rings is 1. The van der Waals surface area contributed by atoms with Gasteiger partial charge in [-0.25, -0.2) is 0 Å². The predicted molar refractivity (Wildman–Crippen MR) is 103 cm³/mol. The maximum Gasteiger partial charge on any atom is 0.433 e. The Labute approximate surface area is 164 Å². The van der Waals surface area contributed by atoms with E-state index in [1.54, 1.807) is 6.07 Å². The minimum atomic E-state index is -4.37. The number of nitrogens with zero attached hydrogens (tertiary/aromatic N) is 3. The van der Waals surface area contributed by atoms with Gasteiger partial charge in [-0.15, -0.1) is 0 Å². The van der Waals surface area contributed by atoms with Crippen LogP contribution in [0.2, 0.25) is 0 Å². The molecule has 2 aromatic rings. The monoisotopic (exact) mass is 389 g/mol. The third-order valence-electron chi connectivity index (χ3n) is 5.77. The molecule has 0 radical (unpaired) electrons. The first-order valence-corrected chi connectivity index (χ1v) is 10.0. The summed E-state index contributed by atoms with van der Waals surface area (Å²) in [4.78, 5) is 8.63. The molecule has 1 aliphatic heterocycles. The maximum atomic E-state index is 12.7. The summed E-state index contributed by atoms with van der Waals surface area (Å²) >= 11 is 0. The van der Waals surface area contributed by atoms with Crippen LogP contribution in [0.4, 0.5) is 13.2 Å². The lowest BCUT2D eigenvalue weighted by Gasteiger charge is -2.39. The van der Waals surface area contributed by atoms with Crippen molar-refractivity contribution in [1.29, 1.82) is 0 Å². The second kappa shape index (κ2) is 8.21. The van der Waals surface area contributed by atoms with E-state index in [2.05, 4.69) is 39.0 Å². The molecule has 3 nitrogen and oxygen atoms in total. The Hall–Kier alpha value is -1.92. The molecule has 2 fully saturated rings. The van der Waals surface area contributed by atoms with E-state index in [1.165, 1.54) is 24.6 Å². The largest absolute Gasteiger partial charge is 0.433 e. The molecule has 1 saturated carbocycles. The lowest BCUT2D eigenvalue weighted by molar-refractivity contribution is -0.141. The summed E-state index contributed by atoms with van der Waals surface area (Å²) in [7, 11) is 0. The van der Waals surface area contributed by atoms with Crippen LogP contribution < -0.4 is 0 Å². The molecule has 1 saturated heterocycles. The minimum absolute atomic E-state index is 0.502. The van der Waals surface area contributed by atoms with E-state index in [0.29, 0.717) is 18.6 Å². The summed E-state index contributed by atoms with van der Waals surface area (Å²) in [6, 6.07) is 14.3. The second-order valence-corrected chi connectivity index (χ2v) is 7.95. The van der Waals surface area contributed by atoms with Gasteiger partial charge < -0.3 is 0 Å². The SMILES string of the molecule is FC(F)(F)c1ccc(CN(C2CC2)C2CCN(Cc3ccccc3)CC2)cn1. The molecule has 0 N–H and O–H groups in total. The predicted octanol–water partition coefficient (Wildman–Crippen LogP) is 4.73. The van der Waals surface area contributed by atoms with Gasteiger partial charge in [0.25, 0.3) is 0 Å². The van der Waals surface area contributed by atoms with Crippen molar-refractivity contribution >= 4 is 0 Å². The van der Waals surface area contributed by atoms with E-state index < -0.39 is 11.9 Å². The molecule has 6 heteroatoms. The van der Waals surface area contributed by atoms with E-state index in [0.717, 1.165) is 44.1 Å². The van der Waals surface area contributed by atoms with Crippen LogP contribution in [0.3, 0.4) is 0 Å². The van der Waals surface area contributed by atoms with Crippen LogP contribution in [-0.2, 0) is 19.3 Å². The van der Waals surface area contributed by atoms with E-state index >= 15 is 0 Å². The Morgan fingerprint density at radius 1 is 0.893 bits per heavy atom. The van der Waals surface area contributed by atoms with Gasteiger partial charge in [-0.1, -0.05) is 36.4 Å². The number of hydrogen-bond donors (Lipinski definition) is 0. The average Bonchev–Trinajstić information content (AvgIpc) is 3.53. The van der Waals surface area contributed by atoms with Crippen molar-refractivity contribution in [2.24, 2.45) is 0 Å². The molecule has 0 unspecified atom stereocenters. The van der Waals surface area contributed by atoms with Crippen molar-refractivity contribution < 1.29 is 13.2 Å². The van der Waals surface area contributed by atoms with Crippen LogP contribution >= 0.6 is 0 Å².